The zero-order valence-corrected chi connectivity index (χ0v) is 11.0. The first kappa shape index (κ1) is 13.5. The summed E-state index contributed by atoms with van der Waals surface area (Å²) in [5.74, 6) is -0.369. The normalized spacial score (nSPS) is 19.2. The van der Waals surface area contributed by atoms with Crippen LogP contribution < -0.4 is 0 Å². The smallest absolute Gasteiger partial charge is 0.310 e. The molecule has 1 fully saturated rings. The van der Waals surface area contributed by atoms with Crippen LogP contribution in [0.2, 0.25) is 0 Å². The maximum Gasteiger partial charge on any atom is 0.310 e. The van der Waals surface area contributed by atoms with Crippen LogP contribution in [0.3, 0.4) is 0 Å². The van der Waals surface area contributed by atoms with Gasteiger partial charge in [-0.3, -0.25) is 14.3 Å². The van der Waals surface area contributed by atoms with Crippen molar-refractivity contribution in [2.75, 3.05) is 20.2 Å². The molecule has 0 saturated carbocycles. The number of piperidine rings is 1. The van der Waals surface area contributed by atoms with Crippen LogP contribution in [0.5, 0.6) is 0 Å². The van der Waals surface area contributed by atoms with E-state index in [-0.39, 0.29) is 17.8 Å². The lowest BCUT2D eigenvalue weighted by molar-refractivity contribution is -0.149. The van der Waals surface area contributed by atoms with Gasteiger partial charge in [-0.1, -0.05) is 0 Å². The summed E-state index contributed by atoms with van der Waals surface area (Å²) in [6.45, 7) is 1.69. The number of carbonyl (C=O) groups excluding carboxylic acids is 2. The molecule has 1 aliphatic heterocycles. The van der Waals surface area contributed by atoms with E-state index in [0.717, 1.165) is 12.8 Å². The summed E-state index contributed by atoms with van der Waals surface area (Å²) in [6.07, 6.45) is 5.03. The van der Waals surface area contributed by atoms with E-state index in [0.29, 0.717) is 26.1 Å². The van der Waals surface area contributed by atoms with Crippen LogP contribution in [0.1, 0.15) is 19.3 Å². The van der Waals surface area contributed by atoms with E-state index < -0.39 is 0 Å². The number of aromatic nitrogens is 3. The Morgan fingerprint density at radius 1 is 1.47 bits per heavy atom. The van der Waals surface area contributed by atoms with Crippen molar-refractivity contribution in [2.45, 2.75) is 25.8 Å². The third kappa shape index (κ3) is 3.52. The molecule has 1 atom stereocenters. The lowest BCUT2D eigenvalue weighted by atomic mass is 9.98. The lowest BCUT2D eigenvalue weighted by Gasteiger charge is -2.31. The SMILES string of the molecule is COC(=O)[C@H]1CCCN(C(=O)CCn2cncn2)C1. The van der Waals surface area contributed by atoms with Crippen LogP contribution >= 0.6 is 0 Å². The molecule has 0 N–H and O–H groups in total. The molecule has 104 valence electrons. The van der Waals surface area contributed by atoms with Crippen LogP contribution in [-0.2, 0) is 20.9 Å². The Morgan fingerprint density at radius 2 is 2.32 bits per heavy atom. The van der Waals surface area contributed by atoms with Gasteiger partial charge in [-0.05, 0) is 12.8 Å². The second-order valence-electron chi connectivity index (χ2n) is 4.61. The zero-order valence-electron chi connectivity index (χ0n) is 11.0. The second kappa shape index (κ2) is 6.31. The number of amides is 1. The van der Waals surface area contributed by atoms with Crippen molar-refractivity contribution >= 4 is 11.9 Å². The summed E-state index contributed by atoms with van der Waals surface area (Å²) in [7, 11) is 1.38. The maximum absolute atomic E-state index is 12.1. The first-order valence-electron chi connectivity index (χ1n) is 6.38. The van der Waals surface area contributed by atoms with Crippen LogP contribution in [0, 0.1) is 5.92 Å². The van der Waals surface area contributed by atoms with Gasteiger partial charge in [-0.25, -0.2) is 4.98 Å². The number of aryl methyl sites for hydroxylation is 1. The summed E-state index contributed by atoms with van der Waals surface area (Å²) < 4.78 is 6.36. The molecule has 2 rings (SSSR count). The van der Waals surface area contributed by atoms with E-state index in [1.807, 2.05) is 0 Å². The molecule has 1 aromatic heterocycles. The van der Waals surface area contributed by atoms with E-state index in [2.05, 4.69) is 10.1 Å². The molecule has 7 nitrogen and oxygen atoms in total. The highest BCUT2D eigenvalue weighted by atomic mass is 16.5. The average molecular weight is 266 g/mol. The standard InChI is InChI=1S/C12H18N4O3/c1-19-12(18)10-3-2-5-15(7-10)11(17)4-6-16-9-13-8-14-16/h8-10H,2-7H2,1H3/t10-/m0/s1. The third-order valence-corrected chi connectivity index (χ3v) is 3.33. The van der Waals surface area contributed by atoms with Gasteiger partial charge >= 0.3 is 5.97 Å². The van der Waals surface area contributed by atoms with Gasteiger partial charge in [0.05, 0.1) is 19.6 Å². The minimum absolute atomic E-state index is 0.0455. The summed E-state index contributed by atoms with van der Waals surface area (Å²) >= 11 is 0. The Balaban J connectivity index is 1.83. The van der Waals surface area contributed by atoms with Crippen molar-refractivity contribution in [3.05, 3.63) is 12.7 Å². The van der Waals surface area contributed by atoms with Gasteiger partial charge in [0.2, 0.25) is 5.91 Å². The maximum atomic E-state index is 12.1. The Bertz CT molecular complexity index is 432. The van der Waals surface area contributed by atoms with Crippen molar-refractivity contribution in [1.82, 2.24) is 19.7 Å². The van der Waals surface area contributed by atoms with Crippen LogP contribution in [0.15, 0.2) is 12.7 Å². The number of nitrogens with zero attached hydrogens (tertiary/aromatic N) is 4. The van der Waals surface area contributed by atoms with E-state index in [1.165, 1.54) is 13.4 Å². The van der Waals surface area contributed by atoms with Crippen molar-refractivity contribution in [1.29, 1.82) is 0 Å². The van der Waals surface area contributed by atoms with Gasteiger partial charge in [0.15, 0.2) is 0 Å². The fraction of sp³-hybridized carbons (Fsp3) is 0.667. The number of ether oxygens (including phenoxy) is 1. The fourth-order valence-electron chi connectivity index (χ4n) is 2.28. The zero-order chi connectivity index (χ0) is 13.7. The molecule has 2 heterocycles. The van der Waals surface area contributed by atoms with Crippen LogP contribution in [-0.4, -0.2) is 51.7 Å². The van der Waals surface area contributed by atoms with E-state index in [4.69, 9.17) is 4.74 Å². The Hall–Kier alpha value is -1.92. The monoisotopic (exact) mass is 266 g/mol. The highest BCUT2D eigenvalue weighted by Gasteiger charge is 2.28. The van der Waals surface area contributed by atoms with Gasteiger partial charge in [-0.2, -0.15) is 5.10 Å². The molecule has 1 amide bonds. The molecule has 7 heteroatoms. The average Bonchev–Trinajstić information content (AvgIpc) is 2.97. The number of hydrogen-bond donors (Lipinski definition) is 0. The number of hydrogen-bond acceptors (Lipinski definition) is 5. The predicted octanol–water partition coefficient (Wildman–Crippen LogP) is 0.0798. The summed E-state index contributed by atoms with van der Waals surface area (Å²) in [5, 5.41) is 3.95. The van der Waals surface area contributed by atoms with Gasteiger partial charge in [0.1, 0.15) is 12.7 Å². The predicted molar refractivity (Wildman–Crippen MR) is 66.0 cm³/mol. The Morgan fingerprint density at radius 3 is 3.00 bits per heavy atom. The summed E-state index contributed by atoms with van der Waals surface area (Å²) in [6, 6.07) is 0. The largest absolute Gasteiger partial charge is 0.469 e. The number of likely N-dealkylation sites (tertiary alicyclic amines) is 1. The van der Waals surface area contributed by atoms with Crippen molar-refractivity contribution in [2.24, 2.45) is 5.92 Å². The molecule has 1 aromatic rings. The molecule has 19 heavy (non-hydrogen) atoms. The topological polar surface area (TPSA) is 77.3 Å². The molecular formula is C12H18N4O3. The minimum atomic E-state index is -0.228. The van der Waals surface area contributed by atoms with Crippen molar-refractivity contribution in [3.63, 3.8) is 0 Å². The van der Waals surface area contributed by atoms with E-state index in [1.54, 1.807) is 15.9 Å². The third-order valence-electron chi connectivity index (χ3n) is 3.33. The van der Waals surface area contributed by atoms with Gasteiger partial charge in [0.25, 0.3) is 0 Å². The van der Waals surface area contributed by atoms with Gasteiger partial charge in [0, 0.05) is 19.5 Å². The Labute approximate surface area is 111 Å². The lowest BCUT2D eigenvalue weighted by Crippen LogP contribution is -2.42. The van der Waals surface area contributed by atoms with Crippen molar-refractivity contribution in [3.8, 4) is 0 Å². The van der Waals surface area contributed by atoms with E-state index in [9.17, 15) is 9.59 Å². The molecule has 0 bridgehead atoms. The molecule has 1 aliphatic rings. The first-order valence-corrected chi connectivity index (χ1v) is 6.38. The molecule has 0 unspecified atom stereocenters. The first-order chi connectivity index (χ1) is 9.20. The second-order valence-corrected chi connectivity index (χ2v) is 4.61. The number of methoxy groups -OCH3 is 1. The molecule has 0 radical (unpaired) electrons. The van der Waals surface area contributed by atoms with Gasteiger partial charge in [-0.15, -0.1) is 0 Å². The quantitative estimate of drug-likeness (QED) is 0.721. The molecule has 0 aliphatic carbocycles. The number of carbonyl (C=O) groups is 2. The minimum Gasteiger partial charge on any atom is -0.469 e. The number of esters is 1. The fourth-order valence-corrected chi connectivity index (χ4v) is 2.28. The van der Waals surface area contributed by atoms with Crippen LogP contribution in [0.4, 0.5) is 0 Å². The highest BCUT2D eigenvalue weighted by Crippen LogP contribution is 2.18. The molecule has 0 aromatic carbocycles. The molecule has 1 saturated heterocycles. The number of rotatable bonds is 4. The summed E-state index contributed by atoms with van der Waals surface area (Å²) in [4.78, 5) is 29.1. The summed E-state index contributed by atoms with van der Waals surface area (Å²) in [5.41, 5.74) is 0. The van der Waals surface area contributed by atoms with Crippen molar-refractivity contribution < 1.29 is 14.3 Å². The van der Waals surface area contributed by atoms with E-state index >= 15 is 0 Å². The molecular weight excluding hydrogens is 248 g/mol. The Kier molecular flexibility index (Phi) is 4.48. The highest BCUT2D eigenvalue weighted by molar-refractivity contribution is 5.78. The van der Waals surface area contributed by atoms with Crippen LogP contribution in [0.25, 0.3) is 0 Å². The molecule has 0 spiro atoms. The van der Waals surface area contributed by atoms with Gasteiger partial charge < -0.3 is 9.64 Å².